The number of rotatable bonds is 5. The minimum Gasteiger partial charge on any atom is -0.493 e. The Morgan fingerprint density at radius 1 is 0.875 bits per heavy atom. The van der Waals surface area contributed by atoms with Gasteiger partial charge in [-0.2, -0.15) is 5.10 Å². The second-order valence-corrected chi connectivity index (χ2v) is 4.93. The maximum atomic E-state index is 13.0. The van der Waals surface area contributed by atoms with E-state index in [1.54, 1.807) is 45.6 Å². The number of nitrogens with one attached hydrogen (secondary N) is 1. The molecule has 0 saturated heterocycles. The Morgan fingerprint density at radius 3 is 2.04 bits per heavy atom. The van der Waals surface area contributed by atoms with Gasteiger partial charge in [0.2, 0.25) is 5.75 Å². The third kappa shape index (κ3) is 2.88. The number of aromatic nitrogens is 3. The largest absolute Gasteiger partial charge is 0.493 e. The molecule has 0 aliphatic carbocycles. The van der Waals surface area contributed by atoms with E-state index in [9.17, 15) is 4.39 Å². The molecule has 0 unspecified atom stereocenters. The normalized spacial score (nSPS) is 10.5. The van der Waals surface area contributed by atoms with Crippen LogP contribution in [-0.4, -0.2) is 36.5 Å². The summed E-state index contributed by atoms with van der Waals surface area (Å²) in [5.41, 5.74) is 1.44. The lowest BCUT2D eigenvalue weighted by Gasteiger charge is -2.13. The van der Waals surface area contributed by atoms with Crippen LogP contribution in [0.4, 0.5) is 4.39 Å². The number of ether oxygens (including phenoxy) is 3. The van der Waals surface area contributed by atoms with E-state index in [0.717, 1.165) is 5.56 Å². The molecule has 1 heterocycles. The van der Waals surface area contributed by atoms with Crippen LogP contribution in [0.1, 0.15) is 0 Å². The maximum Gasteiger partial charge on any atom is 0.203 e. The molecule has 1 aromatic heterocycles. The number of aromatic amines is 1. The molecule has 3 aromatic rings. The van der Waals surface area contributed by atoms with Crippen LogP contribution >= 0.6 is 0 Å². The van der Waals surface area contributed by atoms with E-state index in [0.29, 0.717) is 34.5 Å². The van der Waals surface area contributed by atoms with Crippen molar-refractivity contribution in [2.75, 3.05) is 21.3 Å². The topological polar surface area (TPSA) is 69.3 Å². The molecule has 0 fully saturated rings. The van der Waals surface area contributed by atoms with E-state index in [-0.39, 0.29) is 5.82 Å². The fourth-order valence-corrected chi connectivity index (χ4v) is 2.34. The molecular weight excluding hydrogens is 313 g/mol. The minimum atomic E-state index is -0.306. The van der Waals surface area contributed by atoms with Gasteiger partial charge in [-0.1, -0.05) is 0 Å². The zero-order valence-corrected chi connectivity index (χ0v) is 13.5. The van der Waals surface area contributed by atoms with Gasteiger partial charge in [-0.3, -0.25) is 5.10 Å². The van der Waals surface area contributed by atoms with Gasteiger partial charge < -0.3 is 14.2 Å². The SMILES string of the molecule is COc1cc(-c2nc(-c3ccc(F)cc3)n[nH]2)cc(OC)c1OC. The average molecular weight is 329 g/mol. The lowest BCUT2D eigenvalue weighted by atomic mass is 10.1. The highest BCUT2D eigenvalue weighted by atomic mass is 19.1. The first-order chi connectivity index (χ1) is 11.7. The first kappa shape index (κ1) is 15.8. The van der Waals surface area contributed by atoms with Gasteiger partial charge in [-0.05, 0) is 36.4 Å². The standard InChI is InChI=1S/C17H16FN3O3/c1-22-13-8-11(9-14(23-2)15(13)24-3)17-19-16(20-21-17)10-4-6-12(18)7-5-10/h4-9H,1-3H3,(H,19,20,21). The monoisotopic (exact) mass is 329 g/mol. The Labute approximate surface area is 138 Å². The highest BCUT2D eigenvalue weighted by Gasteiger charge is 2.16. The quantitative estimate of drug-likeness (QED) is 0.778. The van der Waals surface area contributed by atoms with Crippen LogP contribution in [0.3, 0.4) is 0 Å². The summed E-state index contributed by atoms with van der Waals surface area (Å²) >= 11 is 0. The summed E-state index contributed by atoms with van der Waals surface area (Å²) < 4.78 is 29.0. The van der Waals surface area contributed by atoms with Crippen molar-refractivity contribution in [3.05, 3.63) is 42.2 Å². The zero-order valence-electron chi connectivity index (χ0n) is 13.5. The second kappa shape index (κ2) is 6.57. The molecule has 3 rings (SSSR count). The summed E-state index contributed by atoms with van der Waals surface area (Å²) in [7, 11) is 4.64. The Bertz CT molecular complexity index is 822. The number of halogens is 1. The van der Waals surface area contributed by atoms with Gasteiger partial charge in [0.25, 0.3) is 0 Å². The average Bonchev–Trinajstić information content (AvgIpc) is 3.11. The predicted octanol–water partition coefficient (Wildman–Crippen LogP) is 3.30. The number of hydrogen-bond acceptors (Lipinski definition) is 5. The van der Waals surface area contributed by atoms with Crippen molar-refractivity contribution in [2.24, 2.45) is 0 Å². The maximum absolute atomic E-state index is 13.0. The van der Waals surface area contributed by atoms with E-state index in [4.69, 9.17) is 14.2 Å². The summed E-state index contributed by atoms with van der Waals surface area (Å²) in [5.74, 6) is 2.24. The van der Waals surface area contributed by atoms with Gasteiger partial charge in [-0.25, -0.2) is 9.37 Å². The predicted molar refractivity (Wildman–Crippen MR) is 86.9 cm³/mol. The number of methoxy groups -OCH3 is 3. The zero-order chi connectivity index (χ0) is 17.1. The number of hydrogen-bond donors (Lipinski definition) is 1. The van der Waals surface area contributed by atoms with Crippen molar-refractivity contribution in [2.45, 2.75) is 0 Å². The van der Waals surface area contributed by atoms with E-state index < -0.39 is 0 Å². The fraction of sp³-hybridized carbons (Fsp3) is 0.176. The molecule has 0 radical (unpaired) electrons. The highest BCUT2D eigenvalue weighted by Crippen LogP contribution is 2.40. The lowest BCUT2D eigenvalue weighted by molar-refractivity contribution is 0.324. The molecule has 0 aliphatic rings. The van der Waals surface area contributed by atoms with Crippen molar-refractivity contribution in [1.82, 2.24) is 15.2 Å². The Balaban J connectivity index is 2.02. The van der Waals surface area contributed by atoms with Crippen LogP contribution in [0, 0.1) is 5.82 Å². The molecule has 124 valence electrons. The van der Waals surface area contributed by atoms with Crippen LogP contribution in [-0.2, 0) is 0 Å². The minimum absolute atomic E-state index is 0.306. The highest BCUT2D eigenvalue weighted by molar-refractivity contribution is 5.68. The smallest absolute Gasteiger partial charge is 0.203 e. The molecule has 6 nitrogen and oxygen atoms in total. The van der Waals surface area contributed by atoms with Gasteiger partial charge in [0.1, 0.15) is 5.82 Å². The van der Waals surface area contributed by atoms with Crippen LogP contribution < -0.4 is 14.2 Å². The van der Waals surface area contributed by atoms with Crippen molar-refractivity contribution in [1.29, 1.82) is 0 Å². The molecule has 0 bridgehead atoms. The molecule has 0 saturated carbocycles. The molecule has 7 heteroatoms. The van der Waals surface area contributed by atoms with Crippen LogP contribution in [0.25, 0.3) is 22.8 Å². The van der Waals surface area contributed by atoms with Crippen LogP contribution in [0.15, 0.2) is 36.4 Å². The van der Waals surface area contributed by atoms with E-state index in [2.05, 4.69) is 15.2 Å². The van der Waals surface area contributed by atoms with Gasteiger partial charge in [0.05, 0.1) is 21.3 Å². The van der Waals surface area contributed by atoms with Crippen molar-refractivity contribution in [3.8, 4) is 40.0 Å². The van der Waals surface area contributed by atoms with Gasteiger partial charge in [0.15, 0.2) is 23.1 Å². The van der Waals surface area contributed by atoms with E-state index in [1.165, 1.54) is 12.1 Å². The van der Waals surface area contributed by atoms with Crippen LogP contribution in [0.2, 0.25) is 0 Å². The second-order valence-electron chi connectivity index (χ2n) is 4.93. The Hall–Kier alpha value is -3.09. The Morgan fingerprint density at radius 2 is 1.50 bits per heavy atom. The van der Waals surface area contributed by atoms with Crippen molar-refractivity contribution < 1.29 is 18.6 Å². The van der Waals surface area contributed by atoms with Gasteiger partial charge in [0, 0.05) is 11.1 Å². The summed E-state index contributed by atoms with van der Waals surface area (Å²) in [6, 6.07) is 9.52. The molecule has 2 aromatic carbocycles. The molecule has 0 spiro atoms. The summed E-state index contributed by atoms with van der Waals surface area (Å²) in [5, 5.41) is 7.04. The number of benzene rings is 2. The summed E-state index contributed by atoms with van der Waals surface area (Å²) in [6.45, 7) is 0. The first-order valence-corrected chi connectivity index (χ1v) is 7.15. The molecule has 1 N–H and O–H groups in total. The van der Waals surface area contributed by atoms with E-state index in [1.807, 2.05) is 0 Å². The molecule has 0 aliphatic heterocycles. The third-order valence-electron chi connectivity index (χ3n) is 3.53. The van der Waals surface area contributed by atoms with Crippen LogP contribution in [0.5, 0.6) is 17.2 Å². The Kier molecular flexibility index (Phi) is 4.33. The third-order valence-corrected chi connectivity index (χ3v) is 3.53. The van der Waals surface area contributed by atoms with E-state index >= 15 is 0 Å². The molecular formula is C17H16FN3O3. The van der Waals surface area contributed by atoms with Gasteiger partial charge >= 0.3 is 0 Å². The summed E-state index contributed by atoms with van der Waals surface area (Å²) in [6.07, 6.45) is 0. The molecule has 0 atom stereocenters. The summed E-state index contributed by atoms with van der Waals surface area (Å²) in [4.78, 5) is 4.45. The van der Waals surface area contributed by atoms with Crippen molar-refractivity contribution in [3.63, 3.8) is 0 Å². The van der Waals surface area contributed by atoms with Gasteiger partial charge in [-0.15, -0.1) is 0 Å². The molecule has 0 amide bonds. The number of H-pyrrole nitrogens is 1. The number of nitrogens with zero attached hydrogens (tertiary/aromatic N) is 2. The van der Waals surface area contributed by atoms with Crippen molar-refractivity contribution >= 4 is 0 Å². The first-order valence-electron chi connectivity index (χ1n) is 7.15. The molecule has 24 heavy (non-hydrogen) atoms. The lowest BCUT2D eigenvalue weighted by Crippen LogP contribution is -1.96. The fourth-order valence-electron chi connectivity index (χ4n) is 2.34.